The van der Waals surface area contributed by atoms with Crippen LogP contribution in [0.1, 0.15) is 44.3 Å². The zero-order valence-electron chi connectivity index (χ0n) is 19.5. The first kappa shape index (κ1) is 23.7. The fourth-order valence-corrected chi connectivity index (χ4v) is 4.61. The number of hydrogen-bond acceptors (Lipinski definition) is 6. The van der Waals surface area contributed by atoms with Crippen LogP contribution in [0.3, 0.4) is 0 Å². The van der Waals surface area contributed by atoms with Crippen molar-refractivity contribution in [2.24, 2.45) is 4.99 Å². The fraction of sp³-hybridized carbons (Fsp3) is 0.542. The molecule has 2 aromatic rings. The minimum Gasteiger partial charge on any atom is -0.461 e. The maximum absolute atomic E-state index is 13.3. The van der Waals surface area contributed by atoms with Crippen LogP contribution in [-0.2, 0) is 9.59 Å². The highest BCUT2D eigenvalue weighted by molar-refractivity contribution is 5.99. The lowest BCUT2D eigenvalue weighted by atomic mass is 10.0. The van der Waals surface area contributed by atoms with Gasteiger partial charge in [0, 0.05) is 35.6 Å². The molecule has 0 radical (unpaired) electrons. The maximum Gasteiger partial charge on any atom is 0.260 e. The topological polar surface area (TPSA) is 121 Å². The number of likely N-dealkylation sites (tertiary alicyclic amines) is 2. The second-order valence-electron chi connectivity index (χ2n) is 9.01. The average Bonchev–Trinajstić information content (AvgIpc) is 3.44. The molecule has 0 spiro atoms. The quantitative estimate of drug-likeness (QED) is 0.300. The number of nitro groups is 1. The van der Waals surface area contributed by atoms with Gasteiger partial charge in [-0.25, -0.2) is 0 Å². The van der Waals surface area contributed by atoms with Crippen molar-refractivity contribution in [3.8, 4) is 0 Å². The normalized spacial score (nSPS) is 19.9. The molecule has 2 fully saturated rings. The molecule has 0 bridgehead atoms. The Morgan fingerprint density at radius 2 is 1.94 bits per heavy atom. The van der Waals surface area contributed by atoms with Gasteiger partial charge < -0.3 is 19.5 Å². The molecule has 10 heteroatoms. The summed E-state index contributed by atoms with van der Waals surface area (Å²) >= 11 is 0. The first-order chi connectivity index (χ1) is 16.4. The molecule has 1 aromatic carbocycles. The lowest BCUT2D eigenvalue weighted by molar-refractivity contribution is -0.463. The van der Waals surface area contributed by atoms with Crippen molar-refractivity contribution < 1.29 is 18.9 Å². The molecule has 34 heavy (non-hydrogen) atoms. The molecule has 2 aliphatic heterocycles. The van der Waals surface area contributed by atoms with E-state index in [0.717, 1.165) is 61.9 Å². The van der Waals surface area contributed by atoms with E-state index < -0.39 is 17.5 Å². The van der Waals surface area contributed by atoms with Gasteiger partial charge in [0.05, 0.1) is 6.54 Å². The van der Waals surface area contributed by atoms with E-state index in [2.05, 4.69) is 10.3 Å². The summed E-state index contributed by atoms with van der Waals surface area (Å²) in [5.74, 6) is 0.613. The minimum absolute atomic E-state index is 0.0403. The number of anilines is 1. The van der Waals surface area contributed by atoms with Crippen LogP contribution in [0.25, 0.3) is 11.0 Å². The number of carbonyl (C=O) groups is 2. The van der Waals surface area contributed by atoms with Gasteiger partial charge >= 0.3 is 0 Å². The van der Waals surface area contributed by atoms with E-state index >= 15 is 0 Å². The molecular formula is C24H31N5O5. The summed E-state index contributed by atoms with van der Waals surface area (Å²) in [5, 5.41) is 15.3. The Morgan fingerprint density at radius 3 is 2.71 bits per heavy atom. The van der Waals surface area contributed by atoms with Crippen LogP contribution in [0.4, 0.5) is 5.69 Å². The number of rotatable bonds is 6. The molecular weight excluding hydrogens is 438 g/mol. The van der Waals surface area contributed by atoms with Crippen molar-refractivity contribution in [1.29, 1.82) is 0 Å². The molecule has 1 atom stereocenters. The van der Waals surface area contributed by atoms with E-state index in [1.54, 1.807) is 21.9 Å². The lowest BCUT2D eigenvalue weighted by Crippen LogP contribution is -2.47. The van der Waals surface area contributed by atoms with E-state index in [0.29, 0.717) is 18.7 Å². The molecule has 3 heterocycles. The van der Waals surface area contributed by atoms with Gasteiger partial charge in [-0.1, -0.05) is 12.8 Å². The standard InChI is InChI=1S/C24H31N5O5/c1-17-13-18-14-19(8-9-21(18)34-17)25-22(15-29(32)33)26-20-7-3-2-4-12-28(24(20)31)16-23(30)27-10-5-6-11-27/h8-9,13-14,20H,2-7,10-12,15-16H2,1H3,(H,25,26). The van der Waals surface area contributed by atoms with Crippen LogP contribution in [0.15, 0.2) is 33.7 Å². The number of amidine groups is 1. The van der Waals surface area contributed by atoms with Crippen LogP contribution in [0.2, 0.25) is 0 Å². The molecule has 2 amide bonds. The van der Waals surface area contributed by atoms with E-state index in [1.807, 2.05) is 19.1 Å². The zero-order chi connectivity index (χ0) is 24.1. The Balaban J connectivity index is 1.53. The summed E-state index contributed by atoms with van der Waals surface area (Å²) in [4.78, 5) is 44.8. The molecule has 2 saturated heterocycles. The molecule has 4 rings (SSSR count). The molecule has 10 nitrogen and oxygen atoms in total. The van der Waals surface area contributed by atoms with E-state index in [-0.39, 0.29) is 24.2 Å². The highest BCUT2D eigenvalue weighted by atomic mass is 16.6. The number of nitrogens with zero attached hydrogens (tertiary/aromatic N) is 4. The van der Waals surface area contributed by atoms with Gasteiger partial charge in [0.2, 0.25) is 11.8 Å². The molecule has 1 unspecified atom stereocenters. The monoisotopic (exact) mass is 469 g/mol. The molecule has 0 aliphatic carbocycles. The Labute approximate surface area is 198 Å². The summed E-state index contributed by atoms with van der Waals surface area (Å²) in [6.07, 6.45) is 5.04. The second-order valence-corrected chi connectivity index (χ2v) is 9.01. The van der Waals surface area contributed by atoms with Crippen LogP contribution < -0.4 is 5.32 Å². The largest absolute Gasteiger partial charge is 0.461 e. The third-order valence-corrected chi connectivity index (χ3v) is 6.31. The van der Waals surface area contributed by atoms with Gasteiger partial charge in [-0.05, 0) is 56.9 Å². The van der Waals surface area contributed by atoms with Gasteiger partial charge in [0.15, 0.2) is 5.84 Å². The average molecular weight is 470 g/mol. The van der Waals surface area contributed by atoms with E-state index in [9.17, 15) is 19.7 Å². The first-order valence-electron chi connectivity index (χ1n) is 11.9. The Hall–Kier alpha value is -3.43. The van der Waals surface area contributed by atoms with Gasteiger partial charge in [-0.2, -0.15) is 0 Å². The highest BCUT2D eigenvalue weighted by Crippen LogP contribution is 2.23. The Kier molecular flexibility index (Phi) is 7.44. The highest BCUT2D eigenvalue weighted by Gasteiger charge is 2.30. The molecule has 2 aliphatic rings. The van der Waals surface area contributed by atoms with Gasteiger partial charge in [0.1, 0.15) is 17.4 Å². The number of nitrogens with one attached hydrogen (secondary N) is 1. The van der Waals surface area contributed by atoms with Crippen molar-refractivity contribution >= 4 is 34.3 Å². The summed E-state index contributed by atoms with van der Waals surface area (Å²) < 4.78 is 5.59. The molecule has 182 valence electrons. The number of benzene rings is 1. The number of amides is 2. The number of hydrogen-bond donors (Lipinski definition) is 1. The Bertz CT molecular complexity index is 1090. The molecule has 1 aromatic heterocycles. The summed E-state index contributed by atoms with van der Waals surface area (Å²) in [5.41, 5.74) is 1.36. The van der Waals surface area contributed by atoms with Gasteiger partial charge in [-0.3, -0.25) is 24.7 Å². The van der Waals surface area contributed by atoms with Crippen molar-refractivity contribution in [2.75, 3.05) is 38.0 Å². The van der Waals surface area contributed by atoms with Crippen LogP contribution in [0, 0.1) is 17.0 Å². The number of aryl methyl sites for hydroxylation is 1. The van der Waals surface area contributed by atoms with Crippen molar-refractivity contribution in [1.82, 2.24) is 9.80 Å². The minimum atomic E-state index is -0.756. The summed E-state index contributed by atoms with van der Waals surface area (Å²) in [6, 6.07) is 6.53. The summed E-state index contributed by atoms with van der Waals surface area (Å²) in [7, 11) is 0. The van der Waals surface area contributed by atoms with Crippen molar-refractivity contribution in [3.63, 3.8) is 0 Å². The van der Waals surface area contributed by atoms with Crippen LogP contribution in [-0.4, -0.2) is 71.1 Å². The third kappa shape index (κ3) is 5.92. The third-order valence-electron chi connectivity index (χ3n) is 6.31. The second kappa shape index (κ2) is 10.7. The molecule has 0 saturated carbocycles. The predicted molar refractivity (Wildman–Crippen MR) is 129 cm³/mol. The number of fused-ring (bicyclic) bond motifs is 1. The van der Waals surface area contributed by atoms with Crippen molar-refractivity contribution in [3.05, 3.63) is 40.1 Å². The zero-order valence-corrected chi connectivity index (χ0v) is 19.5. The van der Waals surface area contributed by atoms with E-state index in [4.69, 9.17) is 4.42 Å². The summed E-state index contributed by atoms with van der Waals surface area (Å²) in [6.45, 7) is 3.34. The number of aliphatic imine (C=N–C) groups is 1. The lowest BCUT2D eigenvalue weighted by Gasteiger charge is -2.29. The van der Waals surface area contributed by atoms with Gasteiger partial charge in [-0.15, -0.1) is 0 Å². The van der Waals surface area contributed by atoms with E-state index in [1.165, 1.54) is 0 Å². The number of furan rings is 1. The first-order valence-corrected chi connectivity index (χ1v) is 11.9. The fourth-order valence-electron chi connectivity index (χ4n) is 4.61. The number of carbonyl (C=O) groups excluding carboxylic acids is 2. The Morgan fingerprint density at radius 1 is 1.18 bits per heavy atom. The van der Waals surface area contributed by atoms with Crippen LogP contribution in [0.5, 0.6) is 0 Å². The maximum atomic E-state index is 13.3. The molecule has 1 N–H and O–H groups in total. The SMILES string of the molecule is Cc1cc2cc(NC(C[N+](=O)[O-])=NC3CCCCCN(CC(=O)N4CCCC4)C3=O)ccc2o1. The van der Waals surface area contributed by atoms with Gasteiger partial charge in [0.25, 0.3) is 6.54 Å². The predicted octanol–water partition coefficient (Wildman–Crippen LogP) is 3.22. The van der Waals surface area contributed by atoms with Crippen LogP contribution >= 0.6 is 0 Å². The smallest absolute Gasteiger partial charge is 0.260 e. The van der Waals surface area contributed by atoms with Crippen molar-refractivity contribution in [2.45, 2.75) is 51.5 Å².